The maximum absolute atomic E-state index is 11.5. The number of hydrogen-bond donors (Lipinski definition) is 0. The highest BCUT2D eigenvalue weighted by molar-refractivity contribution is 7.91. The molecule has 0 amide bonds. The van der Waals surface area contributed by atoms with Gasteiger partial charge in [0.15, 0.2) is 9.84 Å². The van der Waals surface area contributed by atoms with Crippen LogP contribution in [0.1, 0.15) is 19.3 Å². The van der Waals surface area contributed by atoms with E-state index in [0.717, 1.165) is 30.0 Å². The van der Waals surface area contributed by atoms with Gasteiger partial charge >= 0.3 is 0 Å². The molecule has 92 valence electrons. The Labute approximate surface area is 103 Å². The summed E-state index contributed by atoms with van der Waals surface area (Å²) in [5.74, 6) is 0.821. The van der Waals surface area contributed by atoms with Gasteiger partial charge in [-0.25, -0.2) is 8.42 Å². The summed E-state index contributed by atoms with van der Waals surface area (Å²) in [6.07, 6.45) is 8.35. The van der Waals surface area contributed by atoms with Crippen molar-refractivity contribution >= 4 is 9.84 Å². The van der Waals surface area contributed by atoms with Crippen LogP contribution in [0.25, 0.3) is 0 Å². The summed E-state index contributed by atoms with van der Waals surface area (Å²) < 4.78 is 24.1. The summed E-state index contributed by atoms with van der Waals surface area (Å²) in [5, 5.41) is 0. The van der Waals surface area contributed by atoms with Crippen LogP contribution in [0, 0.1) is 0 Å². The SMILES string of the molecule is O=S1(=O)CC[N+]2(CC1)C1C=CCC2CC1.[Cl-]. The normalized spacial score (nSPS) is 38.2. The van der Waals surface area contributed by atoms with Crippen LogP contribution >= 0.6 is 0 Å². The Morgan fingerprint density at radius 1 is 1.12 bits per heavy atom. The highest BCUT2D eigenvalue weighted by Gasteiger charge is 2.51. The van der Waals surface area contributed by atoms with Gasteiger partial charge in [-0.2, -0.15) is 0 Å². The van der Waals surface area contributed by atoms with E-state index in [-0.39, 0.29) is 12.4 Å². The number of sulfone groups is 1. The van der Waals surface area contributed by atoms with E-state index in [4.69, 9.17) is 0 Å². The molecule has 2 bridgehead atoms. The molecule has 0 N–H and O–H groups in total. The number of quaternary nitrogens is 1. The van der Waals surface area contributed by atoms with Gasteiger partial charge in [-0.15, -0.1) is 0 Å². The van der Waals surface area contributed by atoms with Crippen molar-refractivity contribution in [2.75, 3.05) is 24.6 Å². The van der Waals surface area contributed by atoms with Gasteiger partial charge in [0.05, 0.1) is 30.6 Å². The van der Waals surface area contributed by atoms with Gasteiger partial charge in [-0.05, 0) is 6.08 Å². The van der Waals surface area contributed by atoms with Gasteiger partial charge < -0.3 is 16.9 Å². The highest BCUT2D eigenvalue weighted by atomic mass is 35.5. The van der Waals surface area contributed by atoms with E-state index in [1.54, 1.807) is 0 Å². The third kappa shape index (κ3) is 1.71. The average Bonchev–Trinajstić information content (AvgIpc) is 2.40. The minimum Gasteiger partial charge on any atom is -1.00 e. The molecule has 3 aliphatic rings. The van der Waals surface area contributed by atoms with Crippen molar-refractivity contribution < 1.29 is 25.3 Å². The predicted octanol–water partition coefficient (Wildman–Crippen LogP) is -2.27. The van der Waals surface area contributed by atoms with Crippen molar-refractivity contribution in [1.82, 2.24) is 0 Å². The fourth-order valence-electron chi connectivity index (χ4n) is 3.67. The minimum absolute atomic E-state index is 0. The van der Waals surface area contributed by atoms with Crippen molar-refractivity contribution in [2.45, 2.75) is 31.3 Å². The van der Waals surface area contributed by atoms with E-state index < -0.39 is 9.84 Å². The van der Waals surface area contributed by atoms with Crippen LogP contribution in [-0.4, -0.2) is 49.6 Å². The van der Waals surface area contributed by atoms with Gasteiger partial charge in [0.25, 0.3) is 0 Å². The molecule has 2 unspecified atom stereocenters. The van der Waals surface area contributed by atoms with Crippen LogP contribution in [0.3, 0.4) is 0 Å². The molecule has 3 rings (SSSR count). The largest absolute Gasteiger partial charge is 1.00 e. The first kappa shape index (κ1) is 12.4. The molecule has 1 spiro atoms. The Hall–Kier alpha value is -0.0600. The van der Waals surface area contributed by atoms with Crippen LogP contribution in [-0.2, 0) is 9.84 Å². The molecule has 0 aromatic rings. The molecule has 0 radical (unpaired) electrons. The molecule has 2 atom stereocenters. The van der Waals surface area contributed by atoms with Crippen molar-refractivity contribution in [2.24, 2.45) is 0 Å². The molecule has 0 aliphatic carbocycles. The minimum atomic E-state index is -2.72. The summed E-state index contributed by atoms with van der Waals surface area (Å²) in [6.45, 7) is 1.73. The van der Waals surface area contributed by atoms with Crippen LogP contribution < -0.4 is 12.4 Å². The maximum atomic E-state index is 11.5. The van der Waals surface area contributed by atoms with Gasteiger partial charge in [-0.3, -0.25) is 0 Å². The van der Waals surface area contributed by atoms with Crippen molar-refractivity contribution in [3.63, 3.8) is 0 Å². The first-order valence-electron chi connectivity index (χ1n) is 5.86. The van der Waals surface area contributed by atoms with E-state index in [2.05, 4.69) is 12.2 Å². The lowest BCUT2D eigenvalue weighted by molar-refractivity contribution is -0.953. The molecule has 3 heterocycles. The number of hydrogen-bond acceptors (Lipinski definition) is 2. The third-order valence-corrected chi connectivity index (χ3v) is 6.20. The Kier molecular flexibility index (Phi) is 3.10. The van der Waals surface area contributed by atoms with E-state index in [1.807, 2.05) is 0 Å². The van der Waals surface area contributed by atoms with E-state index in [9.17, 15) is 8.42 Å². The first-order chi connectivity index (χ1) is 7.12. The van der Waals surface area contributed by atoms with Crippen LogP contribution in [0.15, 0.2) is 12.2 Å². The quantitative estimate of drug-likeness (QED) is 0.365. The Balaban J connectivity index is 0.000000963. The lowest BCUT2D eigenvalue weighted by atomic mass is 10.1. The summed E-state index contributed by atoms with van der Waals surface area (Å²) in [7, 11) is -2.72. The first-order valence-corrected chi connectivity index (χ1v) is 7.68. The summed E-state index contributed by atoms with van der Waals surface area (Å²) in [6, 6.07) is 1.34. The highest BCUT2D eigenvalue weighted by Crippen LogP contribution is 2.40. The maximum Gasteiger partial charge on any atom is 0.161 e. The fraction of sp³-hybridized carbons (Fsp3) is 0.818. The monoisotopic (exact) mass is 263 g/mol. The molecule has 3 nitrogen and oxygen atoms in total. The van der Waals surface area contributed by atoms with Crippen LogP contribution in [0.5, 0.6) is 0 Å². The molecule has 5 heteroatoms. The predicted molar refractivity (Wildman–Crippen MR) is 59.2 cm³/mol. The number of nitrogens with zero attached hydrogens (tertiary/aromatic N) is 1. The topological polar surface area (TPSA) is 34.1 Å². The van der Waals surface area contributed by atoms with Gasteiger partial charge in [0.2, 0.25) is 0 Å². The second-order valence-corrected chi connectivity index (χ2v) is 7.47. The Bertz CT molecular complexity index is 390. The molecule has 16 heavy (non-hydrogen) atoms. The molecule has 3 aliphatic heterocycles. The molecule has 0 saturated carbocycles. The summed E-state index contributed by atoms with van der Waals surface area (Å²) >= 11 is 0. The lowest BCUT2D eigenvalue weighted by Gasteiger charge is -2.47. The Morgan fingerprint density at radius 2 is 1.81 bits per heavy atom. The number of rotatable bonds is 0. The second kappa shape index (κ2) is 4.00. The van der Waals surface area contributed by atoms with Gasteiger partial charge in [0, 0.05) is 19.3 Å². The molecular formula is C11H18ClNO2S. The van der Waals surface area contributed by atoms with Crippen LogP contribution in [0.4, 0.5) is 0 Å². The van der Waals surface area contributed by atoms with Crippen LogP contribution in [0.2, 0.25) is 0 Å². The zero-order valence-electron chi connectivity index (χ0n) is 9.31. The fourth-order valence-corrected chi connectivity index (χ4v) is 5.11. The molecule has 2 fully saturated rings. The Morgan fingerprint density at radius 3 is 2.44 bits per heavy atom. The zero-order valence-corrected chi connectivity index (χ0v) is 10.9. The summed E-state index contributed by atoms with van der Waals surface area (Å²) in [4.78, 5) is 0. The smallest absolute Gasteiger partial charge is 0.161 e. The molecule has 0 aromatic heterocycles. The standard InChI is InChI=1S/C11H18NO2S.ClH/c13-15(14)8-6-12(7-9-15)10-2-1-3-11(12)5-4-10;/h1-2,10-11H,3-9H2;1H/q+1;/p-1. The lowest BCUT2D eigenvalue weighted by Crippen LogP contribution is -3.00. The van der Waals surface area contributed by atoms with E-state index in [0.29, 0.717) is 17.5 Å². The van der Waals surface area contributed by atoms with E-state index >= 15 is 0 Å². The molecule has 0 aromatic carbocycles. The van der Waals surface area contributed by atoms with E-state index in [1.165, 1.54) is 12.8 Å². The number of halogens is 1. The molecular weight excluding hydrogens is 246 g/mol. The van der Waals surface area contributed by atoms with Crippen molar-refractivity contribution in [1.29, 1.82) is 0 Å². The average molecular weight is 264 g/mol. The second-order valence-electron chi connectivity index (χ2n) is 5.16. The third-order valence-electron chi connectivity index (χ3n) is 4.59. The van der Waals surface area contributed by atoms with Gasteiger partial charge in [0.1, 0.15) is 6.04 Å². The zero-order chi connectivity index (χ0) is 10.5. The van der Waals surface area contributed by atoms with Crippen molar-refractivity contribution in [3.8, 4) is 0 Å². The summed E-state index contributed by atoms with van der Waals surface area (Å²) in [5.41, 5.74) is 0. The molecule has 2 saturated heterocycles. The van der Waals surface area contributed by atoms with Gasteiger partial charge in [-0.1, -0.05) is 6.08 Å². The van der Waals surface area contributed by atoms with Crippen molar-refractivity contribution in [3.05, 3.63) is 12.2 Å².